The summed E-state index contributed by atoms with van der Waals surface area (Å²) in [7, 11) is 0. The minimum Gasteiger partial charge on any atom is -0.399 e. The van der Waals surface area contributed by atoms with Gasteiger partial charge in [-0.1, -0.05) is 19.3 Å². The van der Waals surface area contributed by atoms with Crippen LogP contribution in [0.15, 0.2) is 24.5 Å². The van der Waals surface area contributed by atoms with Crippen molar-refractivity contribution in [3.05, 3.63) is 24.5 Å². The van der Waals surface area contributed by atoms with E-state index in [1.165, 1.54) is 32.1 Å². The van der Waals surface area contributed by atoms with Crippen LogP contribution in [0.5, 0.6) is 0 Å². The molecule has 0 spiro atoms. The summed E-state index contributed by atoms with van der Waals surface area (Å²) < 4.78 is 5.91. The highest BCUT2D eigenvalue weighted by Crippen LogP contribution is 2.22. The van der Waals surface area contributed by atoms with Crippen LogP contribution in [0.4, 0.5) is 11.5 Å². The van der Waals surface area contributed by atoms with Crippen molar-refractivity contribution >= 4 is 22.4 Å². The predicted octanol–water partition coefficient (Wildman–Crippen LogP) is 2.97. The van der Waals surface area contributed by atoms with E-state index in [1.807, 2.05) is 18.2 Å². The molecule has 0 atom stereocenters. The van der Waals surface area contributed by atoms with E-state index >= 15 is 0 Å². The fourth-order valence-electron chi connectivity index (χ4n) is 2.84. The first kappa shape index (κ1) is 14.1. The van der Waals surface area contributed by atoms with Crippen molar-refractivity contribution in [2.75, 3.05) is 24.2 Å². The van der Waals surface area contributed by atoms with E-state index in [2.05, 4.69) is 15.3 Å². The largest absolute Gasteiger partial charge is 0.399 e. The summed E-state index contributed by atoms with van der Waals surface area (Å²) in [6.45, 7) is 1.45. The third-order valence-corrected chi connectivity index (χ3v) is 3.96. The van der Waals surface area contributed by atoms with Crippen LogP contribution in [0.1, 0.15) is 32.1 Å². The van der Waals surface area contributed by atoms with Gasteiger partial charge in [-0.3, -0.25) is 0 Å². The van der Waals surface area contributed by atoms with Crippen molar-refractivity contribution < 1.29 is 4.74 Å². The highest BCUT2D eigenvalue weighted by Gasteiger charge is 2.13. The highest BCUT2D eigenvalue weighted by molar-refractivity contribution is 5.91. The topological polar surface area (TPSA) is 73.1 Å². The molecular formula is C16H22N4O. The number of hydrogen-bond acceptors (Lipinski definition) is 5. The Morgan fingerprint density at radius 1 is 1.19 bits per heavy atom. The summed E-state index contributed by atoms with van der Waals surface area (Å²) in [5.74, 6) is 0.819. The summed E-state index contributed by atoms with van der Waals surface area (Å²) in [6.07, 6.45) is 8.37. The number of nitrogens with two attached hydrogens (primary N) is 1. The van der Waals surface area contributed by atoms with E-state index in [1.54, 1.807) is 6.33 Å². The van der Waals surface area contributed by atoms with Gasteiger partial charge in [0.15, 0.2) is 0 Å². The lowest BCUT2D eigenvalue weighted by molar-refractivity contribution is 0.0347. The molecule has 2 aromatic rings. The van der Waals surface area contributed by atoms with Crippen LogP contribution >= 0.6 is 0 Å². The average molecular weight is 286 g/mol. The molecule has 112 valence electrons. The standard InChI is InChI=1S/C16H22N4O/c17-12-6-7-15-14(10-12)16(20-11-19-15)18-8-9-21-13-4-2-1-3-5-13/h6-7,10-11,13H,1-5,8-9,17H2,(H,18,19,20). The molecule has 0 bridgehead atoms. The SMILES string of the molecule is Nc1ccc2ncnc(NCCOC3CCCCC3)c2c1. The fraction of sp³-hybridized carbons (Fsp3) is 0.500. The number of nitrogens with zero attached hydrogens (tertiary/aromatic N) is 2. The van der Waals surface area contributed by atoms with Gasteiger partial charge in [0, 0.05) is 17.6 Å². The van der Waals surface area contributed by atoms with E-state index in [0.29, 0.717) is 12.7 Å². The molecule has 1 aliphatic rings. The van der Waals surface area contributed by atoms with Crippen LogP contribution in [-0.2, 0) is 4.74 Å². The van der Waals surface area contributed by atoms with Gasteiger partial charge in [-0.15, -0.1) is 0 Å². The maximum atomic E-state index is 5.91. The van der Waals surface area contributed by atoms with Gasteiger partial charge < -0.3 is 15.8 Å². The molecule has 0 saturated heterocycles. The molecule has 0 unspecified atom stereocenters. The lowest BCUT2D eigenvalue weighted by Crippen LogP contribution is -2.20. The second-order valence-corrected chi connectivity index (χ2v) is 5.56. The first-order chi connectivity index (χ1) is 10.3. The Labute approximate surface area is 124 Å². The van der Waals surface area contributed by atoms with Crippen LogP contribution < -0.4 is 11.1 Å². The summed E-state index contributed by atoms with van der Waals surface area (Å²) in [6, 6.07) is 5.67. The Hall–Kier alpha value is -1.88. The fourth-order valence-corrected chi connectivity index (χ4v) is 2.84. The lowest BCUT2D eigenvalue weighted by atomic mass is 9.98. The van der Waals surface area contributed by atoms with Gasteiger partial charge in [0.1, 0.15) is 12.1 Å². The van der Waals surface area contributed by atoms with Crippen molar-refractivity contribution in [1.82, 2.24) is 9.97 Å². The maximum Gasteiger partial charge on any atom is 0.137 e. The van der Waals surface area contributed by atoms with Crippen molar-refractivity contribution in [3.63, 3.8) is 0 Å². The highest BCUT2D eigenvalue weighted by atomic mass is 16.5. The zero-order valence-electron chi connectivity index (χ0n) is 12.2. The minimum absolute atomic E-state index is 0.443. The number of fused-ring (bicyclic) bond motifs is 1. The molecule has 5 nitrogen and oxygen atoms in total. The van der Waals surface area contributed by atoms with Gasteiger partial charge >= 0.3 is 0 Å². The van der Waals surface area contributed by atoms with Gasteiger partial charge in [0.05, 0.1) is 18.2 Å². The Bertz CT molecular complexity index is 596. The summed E-state index contributed by atoms with van der Waals surface area (Å²) in [5.41, 5.74) is 7.46. The summed E-state index contributed by atoms with van der Waals surface area (Å²) in [4.78, 5) is 8.55. The van der Waals surface area contributed by atoms with Crippen LogP contribution in [0, 0.1) is 0 Å². The van der Waals surface area contributed by atoms with Crippen LogP contribution in [0.2, 0.25) is 0 Å². The number of aromatic nitrogens is 2. The number of nitrogens with one attached hydrogen (secondary N) is 1. The molecule has 1 saturated carbocycles. The van der Waals surface area contributed by atoms with Crippen LogP contribution in [-0.4, -0.2) is 29.2 Å². The molecule has 21 heavy (non-hydrogen) atoms. The molecular weight excluding hydrogens is 264 g/mol. The second-order valence-electron chi connectivity index (χ2n) is 5.56. The normalized spacial score (nSPS) is 16.2. The van der Waals surface area contributed by atoms with E-state index in [9.17, 15) is 0 Å². The molecule has 0 amide bonds. The third kappa shape index (κ3) is 3.61. The van der Waals surface area contributed by atoms with Gasteiger partial charge in [0.2, 0.25) is 0 Å². The van der Waals surface area contributed by atoms with Crippen molar-refractivity contribution in [1.29, 1.82) is 0 Å². The van der Waals surface area contributed by atoms with Gasteiger partial charge in [-0.25, -0.2) is 9.97 Å². The molecule has 1 aliphatic carbocycles. The number of rotatable bonds is 5. The van der Waals surface area contributed by atoms with Crippen LogP contribution in [0.25, 0.3) is 10.9 Å². The van der Waals surface area contributed by atoms with Crippen molar-refractivity contribution in [3.8, 4) is 0 Å². The Balaban J connectivity index is 1.56. The zero-order chi connectivity index (χ0) is 14.5. The Kier molecular flexibility index (Phi) is 4.50. The Morgan fingerprint density at radius 2 is 2.05 bits per heavy atom. The maximum absolute atomic E-state index is 5.91. The third-order valence-electron chi connectivity index (χ3n) is 3.96. The van der Waals surface area contributed by atoms with Gasteiger partial charge in [-0.2, -0.15) is 0 Å². The van der Waals surface area contributed by atoms with E-state index < -0.39 is 0 Å². The second kappa shape index (κ2) is 6.72. The van der Waals surface area contributed by atoms with Gasteiger partial charge in [0.25, 0.3) is 0 Å². The predicted molar refractivity (Wildman–Crippen MR) is 85.3 cm³/mol. The minimum atomic E-state index is 0.443. The average Bonchev–Trinajstić information content (AvgIpc) is 2.53. The van der Waals surface area contributed by atoms with Crippen molar-refractivity contribution in [2.24, 2.45) is 0 Å². The molecule has 0 radical (unpaired) electrons. The molecule has 5 heteroatoms. The van der Waals surface area contributed by atoms with E-state index in [4.69, 9.17) is 10.5 Å². The Morgan fingerprint density at radius 3 is 2.90 bits per heavy atom. The number of hydrogen-bond donors (Lipinski definition) is 2. The molecule has 3 N–H and O–H groups in total. The van der Waals surface area contributed by atoms with Crippen LogP contribution in [0.3, 0.4) is 0 Å². The first-order valence-corrected chi connectivity index (χ1v) is 7.68. The number of ether oxygens (including phenoxy) is 1. The zero-order valence-corrected chi connectivity index (χ0v) is 12.2. The summed E-state index contributed by atoms with van der Waals surface area (Å²) >= 11 is 0. The first-order valence-electron chi connectivity index (χ1n) is 7.68. The number of benzene rings is 1. The molecule has 1 heterocycles. The van der Waals surface area contributed by atoms with Crippen molar-refractivity contribution in [2.45, 2.75) is 38.2 Å². The monoisotopic (exact) mass is 286 g/mol. The molecule has 3 rings (SSSR count). The molecule has 1 aromatic carbocycles. The number of anilines is 2. The smallest absolute Gasteiger partial charge is 0.137 e. The molecule has 1 aromatic heterocycles. The summed E-state index contributed by atoms with van der Waals surface area (Å²) in [5, 5.41) is 4.28. The van der Waals surface area contributed by atoms with E-state index in [0.717, 1.165) is 29.0 Å². The molecule has 0 aliphatic heterocycles. The number of nitrogen functional groups attached to an aromatic ring is 1. The molecule has 1 fully saturated rings. The quantitative estimate of drug-likeness (QED) is 0.653. The lowest BCUT2D eigenvalue weighted by Gasteiger charge is -2.22. The van der Waals surface area contributed by atoms with Gasteiger partial charge in [-0.05, 0) is 31.0 Å². The van der Waals surface area contributed by atoms with E-state index in [-0.39, 0.29) is 0 Å².